The smallest absolute Gasteiger partial charge is 0.220 e. The van der Waals surface area contributed by atoms with Gasteiger partial charge in [-0.15, -0.1) is 11.3 Å². The first kappa shape index (κ1) is 11.0. The Labute approximate surface area is 98.7 Å². The topological polar surface area (TPSA) is 42.0 Å². The predicted octanol–water partition coefficient (Wildman–Crippen LogP) is 1.86. The van der Waals surface area contributed by atoms with Gasteiger partial charge in [-0.2, -0.15) is 12.6 Å². The van der Waals surface area contributed by atoms with Crippen molar-refractivity contribution in [2.24, 2.45) is 5.41 Å². The molecule has 1 aliphatic carbocycles. The monoisotopic (exact) mass is 242 g/mol. The average molecular weight is 242 g/mol. The summed E-state index contributed by atoms with van der Waals surface area (Å²) in [5, 5.41) is 5.76. The van der Waals surface area contributed by atoms with E-state index in [2.05, 4.69) is 22.9 Å². The normalized spacial score (nSPS) is 17.4. The van der Waals surface area contributed by atoms with Crippen LogP contribution in [-0.2, 0) is 11.3 Å². The van der Waals surface area contributed by atoms with Gasteiger partial charge < -0.3 is 5.32 Å². The Balaban J connectivity index is 1.73. The van der Waals surface area contributed by atoms with Gasteiger partial charge in [0, 0.05) is 18.0 Å². The van der Waals surface area contributed by atoms with Crippen LogP contribution in [0.4, 0.5) is 0 Å². The molecule has 1 saturated carbocycles. The molecule has 0 bridgehead atoms. The van der Waals surface area contributed by atoms with Crippen LogP contribution in [-0.4, -0.2) is 16.6 Å². The van der Waals surface area contributed by atoms with Crippen molar-refractivity contribution in [3.05, 3.63) is 16.6 Å². The van der Waals surface area contributed by atoms with Crippen LogP contribution in [0.1, 0.15) is 24.3 Å². The maximum Gasteiger partial charge on any atom is 0.220 e. The van der Waals surface area contributed by atoms with Crippen LogP contribution < -0.4 is 5.32 Å². The van der Waals surface area contributed by atoms with E-state index < -0.39 is 0 Å². The lowest BCUT2D eigenvalue weighted by atomic mass is 10.1. The lowest BCUT2D eigenvalue weighted by molar-refractivity contribution is -0.122. The quantitative estimate of drug-likeness (QED) is 0.774. The third kappa shape index (κ3) is 2.95. The van der Waals surface area contributed by atoms with E-state index >= 15 is 0 Å². The summed E-state index contributed by atoms with van der Waals surface area (Å²) in [7, 11) is 0. The summed E-state index contributed by atoms with van der Waals surface area (Å²) in [6, 6.07) is 0. The summed E-state index contributed by atoms with van der Waals surface area (Å²) in [5.41, 5.74) is 0.204. The Morgan fingerprint density at radius 2 is 2.47 bits per heavy atom. The molecule has 5 heteroatoms. The molecule has 0 aromatic carbocycles. The number of aromatic nitrogens is 1. The van der Waals surface area contributed by atoms with Gasteiger partial charge in [0.05, 0.1) is 6.54 Å². The molecule has 0 spiro atoms. The molecule has 0 atom stereocenters. The number of nitrogens with zero attached hydrogens (tertiary/aromatic N) is 1. The Morgan fingerprint density at radius 1 is 1.67 bits per heavy atom. The largest absolute Gasteiger partial charge is 0.350 e. The fraction of sp³-hybridized carbons (Fsp3) is 0.600. The number of hydrogen-bond acceptors (Lipinski definition) is 4. The van der Waals surface area contributed by atoms with E-state index in [0.717, 1.165) is 23.6 Å². The second kappa shape index (κ2) is 4.53. The Hall–Kier alpha value is -0.550. The molecule has 0 saturated heterocycles. The Morgan fingerprint density at radius 3 is 3.00 bits per heavy atom. The van der Waals surface area contributed by atoms with E-state index in [1.165, 1.54) is 0 Å². The molecule has 1 aliphatic rings. The highest BCUT2D eigenvalue weighted by atomic mass is 32.1. The highest BCUT2D eigenvalue weighted by Crippen LogP contribution is 2.49. The minimum absolute atomic E-state index is 0.122. The van der Waals surface area contributed by atoms with Crippen LogP contribution in [0.3, 0.4) is 0 Å². The number of thiol groups is 1. The molecule has 1 fully saturated rings. The van der Waals surface area contributed by atoms with Crippen molar-refractivity contribution < 1.29 is 4.79 Å². The van der Waals surface area contributed by atoms with Gasteiger partial charge in [0.15, 0.2) is 0 Å². The summed E-state index contributed by atoms with van der Waals surface area (Å²) < 4.78 is 0. The second-order valence-electron chi connectivity index (χ2n) is 4.04. The van der Waals surface area contributed by atoms with E-state index in [1.54, 1.807) is 17.5 Å². The van der Waals surface area contributed by atoms with Crippen molar-refractivity contribution in [1.29, 1.82) is 0 Å². The van der Waals surface area contributed by atoms with Crippen LogP contribution >= 0.6 is 24.0 Å². The molecule has 1 aromatic rings. The van der Waals surface area contributed by atoms with E-state index in [1.807, 2.05) is 5.38 Å². The second-order valence-corrected chi connectivity index (χ2v) is 5.33. The fourth-order valence-electron chi connectivity index (χ4n) is 1.49. The van der Waals surface area contributed by atoms with Crippen LogP contribution in [0.15, 0.2) is 11.6 Å². The number of carbonyl (C=O) groups excluding carboxylic acids is 1. The molecule has 0 aliphatic heterocycles. The highest BCUT2D eigenvalue weighted by Gasteiger charge is 2.42. The number of rotatable bonds is 5. The lowest BCUT2D eigenvalue weighted by Crippen LogP contribution is -2.26. The summed E-state index contributed by atoms with van der Waals surface area (Å²) in [6.07, 6.45) is 4.65. The predicted molar refractivity (Wildman–Crippen MR) is 64.1 cm³/mol. The molecule has 82 valence electrons. The average Bonchev–Trinajstić information content (AvgIpc) is 2.80. The van der Waals surface area contributed by atoms with Crippen LogP contribution in [0, 0.1) is 5.41 Å². The van der Waals surface area contributed by atoms with E-state index in [4.69, 9.17) is 0 Å². The number of carbonyl (C=O) groups is 1. The minimum atomic E-state index is 0.122. The number of nitrogens with one attached hydrogen (secondary N) is 1. The fourth-order valence-corrected chi connectivity index (χ4v) is 2.47. The molecular formula is C10H14N2OS2. The van der Waals surface area contributed by atoms with E-state index in [-0.39, 0.29) is 11.3 Å². The third-order valence-corrected chi connectivity index (χ3v) is 4.20. The molecule has 1 amide bonds. The Kier molecular flexibility index (Phi) is 3.31. The number of amides is 1. The van der Waals surface area contributed by atoms with Crippen molar-refractivity contribution in [1.82, 2.24) is 10.3 Å². The molecule has 2 rings (SSSR count). The van der Waals surface area contributed by atoms with E-state index in [9.17, 15) is 4.79 Å². The summed E-state index contributed by atoms with van der Waals surface area (Å²) in [6.45, 7) is 0.555. The molecular weight excluding hydrogens is 228 g/mol. The van der Waals surface area contributed by atoms with Crippen molar-refractivity contribution in [3.8, 4) is 0 Å². The van der Waals surface area contributed by atoms with Gasteiger partial charge in [0.25, 0.3) is 0 Å². The minimum Gasteiger partial charge on any atom is -0.350 e. The molecule has 15 heavy (non-hydrogen) atoms. The highest BCUT2D eigenvalue weighted by molar-refractivity contribution is 7.80. The van der Waals surface area contributed by atoms with Crippen molar-refractivity contribution in [2.75, 3.05) is 5.75 Å². The standard InChI is InChI=1S/C10H14N2OS2/c13-8(5-10(7-14)1-2-10)12-6-9-11-3-4-15-9/h3-4,14H,1-2,5-7H2,(H,12,13). The van der Waals surface area contributed by atoms with Crippen molar-refractivity contribution >= 4 is 29.9 Å². The maximum atomic E-state index is 11.6. The van der Waals surface area contributed by atoms with Gasteiger partial charge in [0.2, 0.25) is 5.91 Å². The number of thiazole rings is 1. The van der Waals surface area contributed by atoms with Gasteiger partial charge in [-0.25, -0.2) is 4.98 Å². The van der Waals surface area contributed by atoms with Crippen LogP contribution in [0.2, 0.25) is 0 Å². The Bertz CT molecular complexity index is 333. The summed E-state index contributed by atoms with van der Waals surface area (Å²) in [5.74, 6) is 0.939. The summed E-state index contributed by atoms with van der Waals surface area (Å²) in [4.78, 5) is 15.7. The van der Waals surface area contributed by atoms with Gasteiger partial charge in [-0.3, -0.25) is 4.79 Å². The zero-order valence-electron chi connectivity index (χ0n) is 8.40. The SMILES string of the molecule is O=C(CC1(CS)CC1)NCc1nccs1. The maximum absolute atomic E-state index is 11.6. The van der Waals surface area contributed by atoms with Crippen molar-refractivity contribution in [3.63, 3.8) is 0 Å². The first-order valence-corrected chi connectivity index (χ1v) is 6.51. The molecule has 0 unspecified atom stereocenters. The van der Waals surface area contributed by atoms with Gasteiger partial charge in [-0.05, 0) is 24.0 Å². The van der Waals surface area contributed by atoms with Crippen LogP contribution in [0.25, 0.3) is 0 Å². The molecule has 3 nitrogen and oxygen atoms in total. The summed E-state index contributed by atoms with van der Waals surface area (Å²) >= 11 is 5.84. The van der Waals surface area contributed by atoms with Gasteiger partial charge in [-0.1, -0.05) is 0 Å². The molecule has 0 radical (unpaired) electrons. The first-order chi connectivity index (χ1) is 7.24. The zero-order chi connectivity index (χ0) is 10.7. The van der Waals surface area contributed by atoms with Gasteiger partial charge >= 0.3 is 0 Å². The third-order valence-electron chi connectivity index (χ3n) is 2.75. The van der Waals surface area contributed by atoms with Gasteiger partial charge in [0.1, 0.15) is 5.01 Å². The zero-order valence-corrected chi connectivity index (χ0v) is 10.1. The van der Waals surface area contributed by atoms with E-state index in [0.29, 0.717) is 13.0 Å². The lowest BCUT2D eigenvalue weighted by Gasteiger charge is -2.10. The van der Waals surface area contributed by atoms with Crippen LogP contribution in [0.5, 0.6) is 0 Å². The molecule has 1 heterocycles. The van der Waals surface area contributed by atoms with Crippen molar-refractivity contribution in [2.45, 2.75) is 25.8 Å². The molecule has 1 aromatic heterocycles. The first-order valence-electron chi connectivity index (χ1n) is 5.00. The molecule has 1 N–H and O–H groups in total. The number of hydrogen-bond donors (Lipinski definition) is 2.